The molecule has 1 aromatic heterocycles. The molecule has 1 aromatic rings. The average Bonchev–Trinajstić information content (AvgIpc) is 2.19. The van der Waals surface area contributed by atoms with Crippen LogP contribution in [0.25, 0.3) is 0 Å². The molecule has 0 unspecified atom stereocenters. The number of aromatic nitrogens is 1. The molecule has 1 amide bonds. The highest BCUT2D eigenvalue weighted by Crippen LogP contribution is 2.02. The van der Waals surface area contributed by atoms with Gasteiger partial charge in [0.05, 0.1) is 12.7 Å². The standard InChI is InChI=1S/C8H9FN4OS/c9-5-1-2-6(11-3-5)13-7(14)4-12-8(10)15/h1-3H,4H2,(H3,10,12,15)(H,11,13,14). The van der Waals surface area contributed by atoms with Gasteiger partial charge in [0.15, 0.2) is 5.11 Å². The predicted octanol–water partition coefficient (Wildman–Crippen LogP) is -0.00760. The lowest BCUT2D eigenvalue weighted by Gasteiger charge is -2.04. The van der Waals surface area contributed by atoms with E-state index in [1.807, 2.05) is 0 Å². The van der Waals surface area contributed by atoms with Gasteiger partial charge in [0.2, 0.25) is 5.91 Å². The summed E-state index contributed by atoms with van der Waals surface area (Å²) in [6, 6.07) is 2.55. The molecule has 5 nitrogen and oxygen atoms in total. The molecule has 0 bridgehead atoms. The zero-order chi connectivity index (χ0) is 11.3. The van der Waals surface area contributed by atoms with Crippen molar-refractivity contribution < 1.29 is 9.18 Å². The lowest BCUT2D eigenvalue weighted by atomic mass is 10.4. The highest BCUT2D eigenvalue weighted by molar-refractivity contribution is 7.80. The molecule has 0 aliphatic heterocycles. The van der Waals surface area contributed by atoms with E-state index in [9.17, 15) is 9.18 Å². The van der Waals surface area contributed by atoms with Crippen LogP contribution in [0.3, 0.4) is 0 Å². The van der Waals surface area contributed by atoms with Gasteiger partial charge in [-0.1, -0.05) is 0 Å². The molecular formula is C8H9FN4OS. The maximum atomic E-state index is 12.5. The smallest absolute Gasteiger partial charge is 0.244 e. The Hall–Kier alpha value is -1.76. The molecule has 0 aromatic carbocycles. The molecule has 4 N–H and O–H groups in total. The Kier molecular flexibility index (Phi) is 3.92. The van der Waals surface area contributed by atoms with Crippen molar-refractivity contribution in [2.24, 2.45) is 5.73 Å². The number of anilines is 1. The predicted molar refractivity (Wildman–Crippen MR) is 57.6 cm³/mol. The van der Waals surface area contributed by atoms with Crippen LogP contribution < -0.4 is 16.4 Å². The zero-order valence-electron chi connectivity index (χ0n) is 7.66. The molecule has 0 aliphatic carbocycles. The van der Waals surface area contributed by atoms with Crippen LogP contribution in [0.1, 0.15) is 0 Å². The minimum absolute atomic E-state index is 0.0391. The number of nitrogens with zero attached hydrogens (tertiary/aromatic N) is 1. The van der Waals surface area contributed by atoms with Crippen LogP contribution in [0.2, 0.25) is 0 Å². The number of halogens is 1. The van der Waals surface area contributed by atoms with Crippen LogP contribution in [-0.2, 0) is 4.79 Å². The second-order valence-corrected chi connectivity index (χ2v) is 3.07. The quantitative estimate of drug-likeness (QED) is 0.634. The van der Waals surface area contributed by atoms with Crippen LogP contribution in [0.15, 0.2) is 18.3 Å². The van der Waals surface area contributed by atoms with Gasteiger partial charge in [-0.15, -0.1) is 0 Å². The van der Waals surface area contributed by atoms with Gasteiger partial charge in [-0.05, 0) is 24.4 Å². The summed E-state index contributed by atoms with van der Waals surface area (Å²) in [5.41, 5.74) is 5.13. The number of carbonyl (C=O) groups excluding carboxylic acids is 1. The molecule has 0 atom stereocenters. The van der Waals surface area contributed by atoms with Crippen molar-refractivity contribution in [3.05, 3.63) is 24.1 Å². The van der Waals surface area contributed by atoms with Gasteiger partial charge in [0.1, 0.15) is 11.6 Å². The Balaban J connectivity index is 2.44. The molecular weight excluding hydrogens is 219 g/mol. The van der Waals surface area contributed by atoms with E-state index in [1.165, 1.54) is 12.1 Å². The number of nitrogens with one attached hydrogen (secondary N) is 2. The van der Waals surface area contributed by atoms with Gasteiger partial charge < -0.3 is 16.4 Å². The Labute approximate surface area is 90.9 Å². The lowest BCUT2D eigenvalue weighted by molar-refractivity contribution is -0.115. The molecule has 0 saturated heterocycles. The number of hydrogen-bond donors (Lipinski definition) is 3. The third-order valence-electron chi connectivity index (χ3n) is 1.42. The fraction of sp³-hybridized carbons (Fsp3) is 0.125. The third-order valence-corrected chi connectivity index (χ3v) is 1.56. The van der Waals surface area contributed by atoms with E-state index in [0.717, 1.165) is 6.20 Å². The fourth-order valence-corrected chi connectivity index (χ4v) is 0.876. The first-order chi connectivity index (χ1) is 7.08. The first kappa shape index (κ1) is 11.3. The number of pyridine rings is 1. The number of nitrogens with two attached hydrogens (primary N) is 1. The summed E-state index contributed by atoms with van der Waals surface area (Å²) < 4.78 is 12.5. The normalized spacial score (nSPS) is 9.40. The summed E-state index contributed by atoms with van der Waals surface area (Å²) in [6.07, 6.45) is 1.01. The Bertz CT molecular complexity index is 367. The van der Waals surface area contributed by atoms with Gasteiger partial charge in [-0.2, -0.15) is 0 Å². The van der Waals surface area contributed by atoms with Crippen molar-refractivity contribution in [2.75, 3.05) is 11.9 Å². The van der Waals surface area contributed by atoms with Gasteiger partial charge in [0, 0.05) is 0 Å². The second kappa shape index (κ2) is 5.20. The number of hydrogen-bond acceptors (Lipinski definition) is 3. The molecule has 7 heteroatoms. The van der Waals surface area contributed by atoms with Crippen molar-refractivity contribution >= 4 is 29.1 Å². The first-order valence-electron chi connectivity index (χ1n) is 4.02. The average molecular weight is 228 g/mol. The maximum Gasteiger partial charge on any atom is 0.244 e. The minimum Gasteiger partial charge on any atom is -0.376 e. The fourth-order valence-electron chi connectivity index (χ4n) is 0.804. The van der Waals surface area contributed by atoms with Crippen LogP contribution in [0, 0.1) is 5.82 Å². The number of amides is 1. The summed E-state index contributed by atoms with van der Waals surface area (Å²) in [7, 11) is 0. The van der Waals surface area contributed by atoms with E-state index in [1.54, 1.807) is 0 Å². The second-order valence-electron chi connectivity index (χ2n) is 2.63. The number of carbonyl (C=O) groups is 1. The summed E-state index contributed by atoms with van der Waals surface area (Å²) >= 11 is 4.52. The van der Waals surface area contributed by atoms with Crippen LogP contribution >= 0.6 is 12.2 Å². The van der Waals surface area contributed by atoms with Gasteiger partial charge >= 0.3 is 0 Å². The van der Waals surface area contributed by atoms with Crippen molar-refractivity contribution in [1.29, 1.82) is 0 Å². The summed E-state index contributed by atoms with van der Waals surface area (Å²) in [4.78, 5) is 14.8. The summed E-state index contributed by atoms with van der Waals surface area (Å²) in [6.45, 7) is -0.0472. The molecule has 1 rings (SSSR count). The molecule has 80 valence electrons. The first-order valence-corrected chi connectivity index (χ1v) is 4.43. The molecule has 0 radical (unpaired) electrons. The summed E-state index contributed by atoms with van der Waals surface area (Å²) in [5, 5.41) is 4.94. The molecule has 0 aliphatic rings. The Morgan fingerprint density at radius 2 is 2.33 bits per heavy atom. The third kappa shape index (κ3) is 4.32. The maximum absolute atomic E-state index is 12.5. The summed E-state index contributed by atoms with van der Waals surface area (Å²) in [5.74, 6) is -0.553. The van der Waals surface area contributed by atoms with E-state index < -0.39 is 5.82 Å². The lowest BCUT2D eigenvalue weighted by Crippen LogP contribution is -2.36. The van der Waals surface area contributed by atoms with Crippen molar-refractivity contribution in [1.82, 2.24) is 10.3 Å². The van der Waals surface area contributed by atoms with E-state index >= 15 is 0 Å². The van der Waals surface area contributed by atoms with Crippen molar-refractivity contribution in [3.8, 4) is 0 Å². The van der Waals surface area contributed by atoms with E-state index in [4.69, 9.17) is 5.73 Å². The van der Waals surface area contributed by atoms with Gasteiger partial charge in [0.25, 0.3) is 0 Å². The van der Waals surface area contributed by atoms with E-state index in [2.05, 4.69) is 27.8 Å². The zero-order valence-corrected chi connectivity index (χ0v) is 8.47. The molecule has 15 heavy (non-hydrogen) atoms. The Morgan fingerprint density at radius 3 is 2.87 bits per heavy atom. The van der Waals surface area contributed by atoms with Crippen molar-refractivity contribution in [2.45, 2.75) is 0 Å². The molecule has 0 saturated carbocycles. The minimum atomic E-state index is -0.464. The number of rotatable bonds is 3. The highest BCUT2D eigenvalue weighted by atomic mass is 32.1. The van der Waals surface area contributed by atoms with E-state index in [-0.39, 0.29) is 23.4 Å². The molecule has 1 heterocycles. The highest BCUT2D eigenvalue weighted by Gasteiger charge is 2.02. The Morgan fingerprint density at radius 1 is 1.60 bits per heavy atom. The number of thiocarbonyl (C=S) groups is 1. The van der Waals surface area contributed by atoms with Gasteiger partial charge in [-0.3, -0.25) is 4.79 Å². The van der Waals surface area contributed by atoms with Crippen LogP contribution in [0.4, 0.5) is 10.2 Å². The molecule has 0 spiro atoms. The molecule has 0 fully saturated rings. The monoisotopic (exact) mass is 228 g/mol. The van der Waals surface area contributed by atoms with Crippen molar-refractivity contribution in [3.63, 3.8) is 0 Å². The SMILES string of the molecule is NC(=S)NCC(=O)Nc1ccc(F)cn1. The largest absolute Gasteiger partial charge is 0.376 e. The van der Waals surface area contributed by atoms with Crippen LogP contribution in [-0.4, -0.2) is 22.5 Å². The van der Waals surface area contributed by atoms with Crippen LogP contribution in [0.5, 0.6) is 0 Å². The van der Waals surface area contributed by atoms with E-state index in [0.29, 0.717) is 0 Å². The van der Waals surface area contributed by atoms with Gasteiger partial charge in [-0.25, -0.2) is 9.37 Å². The topological polar surface area (TPSA) is 80.0 Å².